The number of amides is 2. The van der Waals surface area contributed by atoms with Crippen LogP contribution in [0.25, 0.3) is 0 Å². The van der Waals surface area contributed by atoms with Crippen LogP contribution in [0, 0.1) is 11.7 Å². The maximum atomic E-state index is 13.7. The van der Waals surface area contributed by atoms with E-state index in [1.165, 1.54) is 16.5 Å². The number of fused-ring (bicyclic) bond motifs is 1. The van der Waals surface area contributed by atoms with E-state index in [1.54, 1.807) is 29.5 Å². The zero-order valence-electron chi connectivity index (χ0n) is 17.1. The van der Waals surface area contributed by atoms with Gasteiger partial charge in [-0.3, -0.25) is 14.5 Å². The fraction of sp³-hybridized carbons (Fsp3) is 0.478. The van der Waals surface area contributed by atoms with Crippen LogP contribution in [0.4, 0.5) is 4.39 Å². The molecule has 0 radical (unpaired) electrons. The highest BCUT2D eigenvalue weighted by Crippen LogP contribution is 2.24. The Morgan fingerprint density at radius 2 is 1.93 bits per heavy atom. The molecule has 3 heterocycles. The van der Waals surface area contributed by atoms with Gasteiger partial charge >= 0.3 is 0 Å². The minimum Gasteiger partial charge on any atom is -0.356 e. The number of nitrogens with one attached hydrogen (secondary N) is 1. The Labute approximate surface area is 180 Å². The van der Waals surface area contributed by atoms with E-state index in [2.05, 4.69) is 21.7 Å². The quantitative estimate of drug-likeness (QED) is 0.768. The highest BCUT2D eigenvalue weighted by Gasteiger charge is 2.28. The summed E-state index contributed by atoms with van der Waals surface area (Å²) < 4.78 is 13.7. The Bertz CT molecular complexity index is 892. The maximum absolute atomic E-state index is 13.7. The molecule has 2 amide bonds. The third-order valence-electron chi connectivity index (χ3n) is 6.13. The van der Waals surface area contributed by atoms with E-state index in [4.69, 9.17) is 0 Å². The number of benzene rings is 1. The summed E-state index contributed by atoms with van der Waals surface area (Å²) in [6, 6.07) is 8.78. The van der Waals surface area contributed by atoms with Gasteiger partial charge in [-0.25, -0.2) is 4.39 Å². The zero-order valence-corrected chi connectivity index (χ0v) is 17.9. The highest BCUT2D eigenvalue weighted by molar-refractivity contribution is 7.10. The summed E-state index contributed by atoms with van der Waals surface area (Å²) in [5.41, 5.74) is 1.91. The summed E-state index contributed by atoms with van der Waals surface area (Å²) in [6.45, 7) is 3.91. The van der Waals surface area contributed by atoms with E-state index in [-0.39, 0.29) is 23.5 Å². The van der Waals surface area contributed by atoms with Crippen LogP contribution >= 0.6 is 11.3 Å². The number of hydrogen-bond donors (Lipinski definition) is 1. The molecule has 1 N–H and O–H groups in total. The van der Waals surface area contributed by atoms with Crippen molar-refractivity contribution in [3.05, 3.63) is 57.5 Å². The normalized spacial score (nSPS) is 17.6. The van der Waals surface area contributed by atoms with Crippen molar-refractivity contribution in [2.24, 2.45) is 5.92 Å². The van der Waals surface area contributed by atoms with Crippen LogP contribution in [0.1, 0.15) is 28.8 Å². The number of likely N-dealkylation sites (tertiary alicyclic amines) is 1. The smallest absolute Gasteiger partial charge is 0.237 e. The maximum Gasteiger partial charge on any atom is 0.237 e. The van der Waals surface area contributed by atoms with Gasteiger partial charge in [0.1, 0.15) is 5.82 Å². The monoisotopic (exact) mass is 429 g/mol. The van der Waals surface area contributed by atoms with Crippen molar-refractivity contribution >= 4 is 23.2 Å². The van der Waals surface area contributed by atoms with E-state index in [0.717, 1.165) is 45.4 Å². The van der Waals surface area contributed by atoms with Gasteiger partial charge in [-0.05, 0) is 67.4 Å². The molecular formula is C23H28FN3O2S. The SMILES string of the molecule is O=C(NCCc1ccccc1F)C1CCN(CC(=O)N2CCc3sccc3C2)CC1. The largest absolute Gasteiger partial charge is 0.356 e. The summed E-state index contributed by atoms with van der Waals surface area (Å²) in [6.07, 6.45) is 2.96. The molecule has 30 heavy (non-hydrogen) atoms. The Hall–Kier alpha value is -2.25. The Morgan fingerprint density at radius 3 is 2.73 bits per heavy atom. The summed E-state index contributed by atoms with van der Waals surface area (Å²) in [5, 5.41) is 5.05. The molecule has 1 aromatic heterocycles. The van der Waals surface area contributed by atoms with Gasteiger partial charge < -0.3 is 10.2 Å². The molecule has 160 valence electrons. The van der Waals surface area contributed by atoms with Crippen molar-refractivity contribution in [3.63, 3.8) is 0 Å². The summed E-state index contributed by atoms with van der Waals surface area (Å²) in [5.74, 6) is -0.0352. The molecule has 2 aliphatic rings. The average Bonchev–Trinajstić information content (AvgIpc) is 3.23. The second kappa shape index (κ2) is 9.71. The second-order valence-corrected chi connectivity index (χ2v) is 9.12. The minimum absolute atomic E-state index is 0.0275. The molecule has 2 aromatic rings. The number of thiophene rings is 1. The first-order valence-corrected chi connectivity index (χ1v) is 11.5. The van der Waals surface area contributed by atoms with Crippen LogP contribution in [0.15, 0.2) is 35.7 Å². The van der Waals surface area contributed by atoms with Gasteiger partial charge in [0.25, 0.3) is 0 Å². The summed E-state index contributed by atoms with van der Waals surface area (Å²) in [7, 11) is 0. The van der Waals surface area contributed by atoms with Crippen molar-refractivity contribution in [2.75, 3.05) is 32.7 Å². The number of halogens is 1. The number of carbonyl (C=O) groups is 2. The third kappa shape index (κ3) is 5.08. The lowest BCUT2D eigenvalue weighted by Gasteiger charge is -2.33. The predicted octanol–water partition coefficient (Wildman–Crippen LogP) is 2.84. The molecule has 2 aliphatic heterocycles. The molecule has 0 unspecified atom stereocenters. The van der Waals surface area contributed by atoms with Crippen molar-refractivity contribution in [1.29, 1.82) is 0 Å². The molecule has 1 fully saturated rings. The van der Waals surface area contributed by atoms with Gasteiger partial charge in [0, 0.05) is 30.4 Å². The van der Waals surface area contributed by atoms with Gasteiger partial charge in [-0.1, -0.05) is 18.2 Å². The molecule has 0 aliphatic carbocycles. The van der Waals surface area contributed by atoms with E-state index < -0.39 is 0 Å². The van der Waals surface area contributed by atoms with Crippen molar-refractivity contribution < 1.29 is 14.0 Å². The minimum atomic E-state index is -0.228. The van der Waals surface area contributed by atoms with Crippen molar-refractivity contribution in [3.8, 4) is 0 Å². The number of rotatable bonds is 6. The standard InChI is InChI=1S/C23H28FN3O2S/c24-20-4-2-1-3-17(20)5-10-25-23(29)18-6-11-26(12-7-18)16-22(28)27-13-8-21-19(15-27)9-14-30-21/h1-4,9,14,18H,5-8,10-13,15-16H2,(H,25,29). The van der Waals surface area contributed by atoms with Gasteiger partial charge in [-0.15, -0.1) is 11.3 Å². The summed E-state index contributed by atoms with van der Waals surface area (Å²) >= 11 is 1.78. The van der Waals surface area contributed by atoms with E-state index in [1.807, 2.05) is 4.90 Å². The number of hydrogen-bond acceptors (Lipinski definition) is 4. The molecule has 0 bridgehead atoms. The number of carbonyl (C=O) groups excluding carboxylic acids is 2. The first-order valence-electron chi connectivity index (χ1n) is 10.7. The Balaban J connectivity index is 1.17. The molecule has 1 saturated heterocycles. The summed E-state index contributed by atoms with van der Waals surface area (Å²) in [4.78, 5) is 30.7. The van der Waals surface area contributed by atoms with E-state index >= 15 is 0 Å². The first-order chi connectivity index (χ1) is 14.6. The molecule has 7 heteroatoms. The van der Waals surface area contributed by atoms with Crippen LogP contribution in [-0.4, -0.2) is 54.3 Å². The number of piperidine rings is 1. The molecule has 5 nitrogen and oxygen atoms in total. The van der Waals surface area contributed by atoms with Crippen LogP contribution < -0.4 is 5.32 Å². The van der Waals surface area contributed by atoms with Crippen LogP contribution in [0.3, 0.4) is 0 Å². The third-order valence-corrected chi connectivity index (χ3v) is 7.15. The Morgan fingerprint density at radius 1 is 1.13 bits per heavy atom. The van der Waals surface area contributed by atoms with Gasteiger partial charge in [0.15, 0.2) is 0 Å². The van der Waals surface area contributed by atoms with Gasteiger partial charge in [0.2, 0.25) is 11.8 Å². The highest BCUT2D eigenvalue weighted by atomic mass is 32.1. The van der Waals surface area contributed by atoms with Gasteiger partial charge in [0.05, 0.1) is 6.54 Å². The first kappa shape index (κ1) is 21.0. The fourth-order valence-electron chi connectivity index (χ4n) is 4.27. The van der Waals surface area contributed by atoms with E-state index in [9.17, 15) is 14.0 Å². The van der Waals surface area contributed by atoms with Gasteiger partial charge in [-0.2, -0.15) is 0 Å². The van der Waals surface area contributed by atoms with E-state index in [0.29, 0.717) is 25.1 Å². The van der Waals surface area contributed by atoms with Crippen LogP contribution in [0.2, 0.25) is 0 Å². The lowest BCUT2D eigenvalue weighted by molar-refractivity contribution is -0.134. The molecule has 0 spiro atoms. The number of nitrogens with zero attached hydrogens (tertiary/aromatic N) is 2. The fourth-order valence-corrected chi connectivity index (χ4v) is 5.16. The second-order valence-electron chi connectivity index (χ2n) is 8.12. The molecule has 4 rings (SSSR count). The Kier molecular flexibility index (Phi) is 6.79. The average molecular weight is 430 g/mol. The lowest BCUT2D eigenvalue weighted by Crippen LogP contribution is -2.46. The molecule has 0 atom stereocenters. The van der Waals surface area contributed by atoms with Crippen molar-refractivity contribution in [1.82, 2.24) is 15.1 Å². The predicted molar refractivity (Wildman–Crippen MR) is 116 cm³/mol. The molecule has 1 aromatic carbocycles. The molecular weight excluding hydrogens is 401 g/mol. The lowest BCUT2D eigenvalue weighted by atomic mass is 9.95. The zero-order chi connectivity index (χ0) is 20.9. The topological polar surface area (TPSA) is 52.7 Å². The van der Waals surface area contributed by atoms with Crippen LogP contribution in [-0.2, 0) is 29.0 Å². The molecule has 0 saturated carbocycles. The van der Waals surface area contributed by atoms with Crippen molar-refractivity contribution in [2.45, 2.75) is 32.2 Å². The van der Waals surface area contributed by atoms with Crippen LogP contribution in [0.5, 0.6) is 0 Å².